The van der Waals surface area contributed by atoms with Crippen LogP contribution < -0.4 is 10.5 Å². The number of ether oxygens (including phenoxy) is 2. The van der Waals surface area contributed by atoms with Crippen molar-refractivity contribution in [2.75, 3.05) is 12.8 Å². The number of anilines is 1. The molecule has 3 aromatic heterocycles. The van der Waals surface area contributed by atoms with Crippen LogP contribution in [-0.2, 0) is 11.3 Å². The van der Waals surface area contributed by atoms with E-state index >= 15 is 0 Å². The molecule has 3 heterocycles. The monoisotopic (exact) mass is 344 g/mol. The van der Waals surface area contributed by atoms with Crippen molar-refractivity contribution in [2.24, 2.45) is 0 Å². The predicted molar refractivity (Wildman–Crippen MR) is 91.2 cm³/mol. The Kier molecular flexibility index (Phi) is 4.30. The van der Waals surface area contributed by atoms with Crippen LogP contribution in [0.2, 0.25) is 0 Å². The Balaban J connectivity index is 1.76. The molecule has 0 fully saturated rings. The molecule has 124 valence electrons. The molecule has 3 rings (SSSR count). The first-order valence-electron chi connectivity index (χ1n) is 7.19. The number of rotatable bonds is 4. The van der Waals surface area contributed by atoms with Crippen LogP contribution in [0.3, 0.4) is 0 Å². The first kappa shape index (κ1) is 16.1. The number of nitrogens with two attached hydrogens (primary N) is 1. The summed E-state index contributed by atoms with van der Waals surface area (Å²) in [5.41, 5.74) is 7.42. The number of hydrogen-bond donors (Lipinski definition) is 1. The van der Waals surface area contributed by atoms with Gasteiger partial charge in [0.05, 0.1) is 18.1 Å². The minimum Gasteiger partial charge on any atom is -0.481 e. The summed E-state index contributed by atoms with van der Waals surface area (Å²) < 4.78 is 10.2. The van der Waals surface area contributed by atoms with Gasteiger partial charge in [-0.2, -0.15) is 0 Å². The van der Waals surface area contributed by atoms with Crippen molar-refractivity contribution >= 4 is 33.3 Å². The molecule has 0 bridgehead atoms. The van der Waals surface area contributed by atoms with Gasteiger partial charge < -0.3 is 15.2 Å². The highest BCUT2D eigenvalue weighted by molar-refractivity contribution is 7.18. The summed E-state index contributed by atoms with van der Waals surface area (Å²) in [4.78, 5) is 26.6. The molecule has 2 N–H and O–H groups in total. The number of thiophene rings is 1. The summed E-state index contributed by atoms with van der Waals surface area (Å²) in [6.07, 6.45) is 1.39. The lowest BCUT2D eigenvalue weighted by Crippen LogP contribution is -2.09. The Morgan fingerprint density at radius 3 is 2.75 bits per heavy atom. The maximum absolute atomic E-state index is 12.0. The number of nitrogens with zero attached hydrogens (tertiary/aromatic N) is 3. The van der Waals surface area contributed by atoms with Gasteiger partial charge >= 0.3 is 5.97 Å². The summed E-state index contributed by atoms with van der Waals surface area (Å²) in [5, 5.41) is 0.868. The molecule has 0 aliphatic carbocycles. The smallest absolute Gasteiger partial charge is 0.340 e. The van der Waals surface area contributed by atoms with E-state index in [-0.39, 0.29) is 6.61 Å². The molecule has 0 saturated carbocycles. The van der Waals surface area contributed by atoms with Crippen LogP contribution in [0.25, 0.3) is 10.2 Å². The molecule has 24 heavy (non-hydrogen) atoms. The van der Waals surface area contributed by atoms with Crippen molar-refractivity contribution in [1.29, 1.82) is 0 Å². The average molecular weight is 344 g/mol. The van der Waals surface area contributed by atoms with Gasteiger partial charge in [-0.05, 0) is 25.5 Å². The highest BCUT2D eigenvalue weighted by Crippen LogP contribution is 2.31. The molecule has 0 aromatic carbocycles. The van der Waals surface area contributed by atoms with Gasteiger partial charge in [0.2, 0.25) is 5.88 Å². The van der Waals surface area contributed by atoms with Gasteiger partial charge in [0.25, 0.3) is 0 Å². The summed E-state index contributed by atoms with van der Waals surface area (Å²) in [5.74, 6) is 0.692. The summed E-state index contributed by atoms with van der Waals surface area (Å²) in [6, 6.07) is 3.17. The van der Waals surface area contributed by atoms with Crippen LogP contribution in [0.5, 0.6) is 5.88 Å². The Labute approximate surface area is 142 Å². The maximum atomic E-state index is 12.0. The number of pyridine rings is 1. The zero-order valence-corrected chi connectivity index (χ0v) is 14.3. The van der Waals surface area contributed by atoms with E-state index in [0.717, 1.165) is 20.7 Å². The molecule has 8 heteroatoms. The van der Waals surface area contributed by atoms with E-state index in [2.05, 4.69) is 15.0 Å². The van der Waals surface area contributed by atoms with Crippen molar-refractivity contribution in [3.63, 3.8) is 0 Å². The third kappa shape index (κ3) is 3.00. The molecule has 7 nitrogen and oxygen atoms in total. The zero-order chi connectivity index (χ0) is 17.3. The number of esters is 1. The van der Waals surface area contributed by atoms with Crippen LogP contribution in [0.15, 0.2) is 18.3 Å². The second-order valence-corrected chi connectivity index (χ2v) is 6.36. The Bertz CT molecular complexity index is 906. The topological polar surface area (TPSA) is 100 Å². The minimum absolute atomic E-state index is 0.0546. The molecule has 0 radical (unpaired) electrons. The summed E-state index contributed by atoms with van der Waals surface area (Å²) in [7, 11) is 1.51. The number of hydrogen-bond acceptors (Lipinski definition) is 8. The van der Waals surface area contributed by atoms with E-state index in [1.54, 1.807) is 23.5 Å². The van der Waals surface area contributed by atoms with Crippen molar-refractivity contribution in [2.45, 2.75) is 20.5 Å². The van der Waals surface area contributed by atoms with Crippen LogP contribution >= 0.6 is 11.3 Å². The van der Waals surface area contributed by atoms with Gasteiger partial charge in [-0.3, -0.25) is 0 Å². The van der Waals surface area contributed by atoms with E-state index in [0.29, 0.717) is 23.1 Å². The van der Waals surface area contributed by atoms with E-state index in [1.807, 2.05) is 13.8 Å². The lowest BCUT2D eigenvalue weighted by molar-refractivity contribution is 0.0462. The molecular weight excluding hydrogens is 328 g/mol. The maximum Gasteiger partial charge on any atom is 0.340 e. The number of nitrogen functional groups attached to an aromatic ring is 1. The molecule has 0 spiro atoms. The third-order valence-corrected chi connectivity index (χ3v) is 4.72. The first-order chi connectivity index (χ1) is 11.5. The average Bonchev–Trinajstić information content (AvgIpc) is 2.87. The molecule has 0 atom stereocenters. The molecule has 0 unspecified atom stereocenters. The fourth-order valence-electron chi connectivity index (χ4n) is 2.23. The second-order valence-electron chi connectivity index (χ2n) is 5.15. The quantitative estimate of drug-likeness (QED) is 0.726. The molecule has 0 aliphatic rings. The van der Waals surface area contributed by atoms with Gasteiger partial charge in [-0.1, -0.05) is 0 Å². The van der Waals surface area contributed by atoms with E-state index < -0.39 is 5.97 Å². The van der Waals surface area contributed by atoms with Crippen molar-refractivity contribution < 1.29 is 14.3 Å². The first-order valence-corrected chi connectivity index (χ1v) is 8.00. The van der Waals surface area contributed by atoms with Crippen LogP contribution in [-0.4, -0.2) is 28.0 Å². The molecule has 0 aliphatic heterocycles. The van der Waals surface area contributed by atoms with Crippen LogP contribution in [0.4, 0.5) is 5.82 Å². The normalized spacial score (nSPS) is 10.8. The van der Waals surface area contributed by atoms with E-state index in [1.165, 1.54) is 13.3 Å². The number of methoxy groups -OCH3 is 1. The molecule has 0 amide bonds. The van der Waals surface area contributed by atoms with E-state index in [4.69, 9.17) is 15.2 Å². The number of aryl methyl sites for hydroxylation is 2. The number of aromatic nitrogens is 3. The number of carbonyl (C=O) groups is 1. The zero-order valence-electron chi connectivity index (χ0n) is 13.5. The summed E-state index contributed by atoms with van der Waals surface area (Å²) >= 11 is 1.55. The van der Waals surface area contributed by atoms with Crippen LogP contribution in [0.1, 0.15) is 26.6 Å². The molecule has 0 saturated heterocycles. The fourth-order valence-corrected chi connectivity index (χ4v) is 3.28. The summed E-state index contributed by atoms with van der Waals surface area (Å²) in [6.45, 7) is 3.95. The van der Waals surface area contributed by atoms with Crippen molar-refractivity contribution in [1.82, 2.24) is 15.0 Å². The minimum atomic E-state index is -0.508. The van der Waals surface area contributed by atoms with Gasteiger partial charge in [-0.15, -0.1) is 11.3 Å². The van der Waals surface area contributed by atoms with E-state index in [9.17, 15) is 4.79 Å². The molecule has 3 aromatic rings. The fraction of sp³-hybridized carbons (Fsp3) is 0.250. The van der Waals surface area contributed by atoms with Crippen LogP contribution in [0, 0.1) is 13.8 Å². The van der Waals surface area contributed by atoms with Gasteiger partial charge in [0, 0.05) is 17.1 Å². The lowest BCUT2D eigenvalue weighted by atomic mass is 10.2. The molecular formula is C16H16N4O3S. The van der Waals surface area contributed by atoms with Crippen molar-refractivity contribution in [3.8, 4) is 5.88 Å². The Morgan fingerprint density at radius 2 is 2.08 bits per heavy atom. The Hall–Kier alpha value is -2.74. The third-order valence-electron chi connectivity index (χ3n) is 3.62. The highest BCUT2D eigenvalue weighted by atomic mass is 32.1. The van der Waals surface area contributed by atoms with Crippen molar-refractivity contribution in [3.05, 3.63) is 40.2 Å². The number of fused-ring (bicyclic) bond motifs is 1. The Morgan fingerprint density at radius 1 is 1.29 bits per heavy atom. The standard InChI is InChI=1S/C16H16N4O3S/c1-8-9(2)24-15-13(8)14(17)19-11(20-15)7-23-16(21)10-4-5-12(22-3)18-6-10/h4-6H,7H2,1-3H3,(H2,17,19,20). The second kappa shape index (κ2) is 6.40. The highest BCUT2D eigenvalue weighted by Gasteiger charge is 2.14. The van der Waals surface area contributed by atoms with Gasteiger partial charge in [0.15, 0.2) is 12.4 Å². The number of carbonyl (C=O) groups excluding carboxylic acids is 1. The van der Waals surface area contributed by atoms with Gasteiger partial charge in [-0.25, -0.2) is 19.7 Å². The largest absolute Gasteiger partial charge is 0.481 e. The predicted octanol–water partition coefficient (Wildman–Crippen LogP) is 2.65. The SMILES string of the molecule is COc1ccc(C(=O)OCc2nc(N)c3c(C)c(C)sc3n2)cn1. The lowest BCUT2D eigenvalue weighted by Gasteiger charge is -2.06. The van der Waals surface area contributed by atoms with Gasteiger partial charge in [0.1, 0.15) is 10.6 Å².